The highest BCUT2D eigenvalue weighted by Crippen LogP contribution is 2.27. The molecule has 0 aliphatic heterocycles. The first-order chi connectivity index (χ1) is 16.9. The first-order valence-corrected chi connectivity index (χ1v) is 13.2. The number of hydrogen-bond acceptors (Lipinski definition) is 2. The lowest BCUT2D eigenvalue weighted by Crippen LogP contribution is -2.34. The van der Waals surface area contributed by atoms with Crippen molar-refractivity contribution in [2.24, 2.45) is 7.05 Å². The number of halogens is 2. The van der Waals surface area contributed by atoms with Crippen LogP contribution in [0.25, 0.3) is 34.5 Å². The zero-order valence-electron chi connectivity index (χ0n) is 19.7. The third kappa shape index (κ3) is 6.39. The van der Waals surface area contributed by atoms with Crippen molar-refractivity contribution in [2.45, 2.75) is 6.42 Å². The fraction of sp³-hybridized carbons (Fsp3) is 0.133. The summed E-state index contributed by atoms with van der Waals surface area (Å²) >= 11 is 5.89. The third-order valence-corrected chi connectivity index (χ3v) is 7.25. The van der Waals surface area contributed by atoms with Gasteiger partial charge in [0.15, 0.2) is 0 Å². The van der Waals surface area contributed by atoms with E-state index in [1.807, 2.05) is 7.05 Å². The predicted octanol–water partition coefficient (Wildman–Crippen LogP) is 7.73. The van der Waals surface area contributed by atoms with Crippen LogP contribution in [0.4, 0.5) is 5.69 Å². The Bertz CT molecular complexity index is 1370. The molecule has 0 saturated carbocycles. The van der Waals surface area contributed by atoms with E-state index in [9.17, 15) is 0 Å². The number of hydrogen-bond donors (Lipinski definition) is 0. The van der Waals surface area contributed by atoms with Gasteiger partial charge in [-0.2, -0.15) is 9.83 Å². The summed E-state index contributed by atoms with van der Waals surface area (Å²) in [6.07, 6.45) is 4.84. The minimum Gasteiger partial charge on any atom is -0.374 e. The highest BCUT2D eigenvalue weighted by Gasteiger charge is 2.17. The SMILES string of the molecule is CN(CCC#N)c1ccc(C=Cc2cc(-c3ccc(I)cc3)cc(-c3ccc(Br)cc3)[n+]2C)cc1. The Morgan fingerprint density at radius 2 is 1.54 bits per heavy atom. The summed E-state index contributed by atoms with van der Waals surface area (Å²) in [5.41, 5.74) is 8.07. The van der Waals surface area contributed by atoms with Gasteiger partial charge < -0.3 is 4.90 Å². The molecule has 0 unspecified atom stereocenters. The van der Waals surface area contributed by atoms with E-state index in [2.05, 4.69) is 158 Å². The van der Waals surface area contributed by atoms with Crippen molar-refractivity contribution in [3.05, 3.63) is 104 Å². The van der Waals surface area contributed by atoms with Gasteiger partial charge in [0.25, 0.3) is 0 Å². The molecule has 3 aromatic carbocycles. The molecule has 0 aliphatic carbocycles. The molecule has 0 N–H and O–H groups in total. The van der Waals surface area contributed by atoms with Gasteiger partial charge in [-0.1, -0.05) is 40.2 Å². The molecule has 0 amide bonds. The van der Waals surface area contributed by atoms with E-state index < -0.39 is 0 Å². The molecule has 0 radical (unpaired) electrons. The van der Waals surface area contributed by atoms with Crippen molar-refractivity contribution in [2.75, 3.05) is 18.5 Å². The molecule has 3 nitrogen and oxygen atoms in total. The van der Waals surface area contributed by atoms with Crippen LogP contribution >= 0.6 is 38.5 Å². The maximum atomic E-state index is 8.83. The van der Waals surface area contributed by atoms with Gasteiger partial charge in [0.1, 0.15) is 7.05 Å². The maximum Gasteiger partial charge on any atom is 0.213 e. The second-order valence-electron chi connectivity index (χ2n) is 8.38. The number of nitriles is 1. The van der Waals surface area contributed by atoms with E-state index >= 15 is 0 Å². The number of aromatic nitrogens is 1. The molecule has 5 heteroatoms. The zero-order chi connectivity index (χ0) is 24.8. The van der Waals surface area contributed by atoms with Crippen LogP contribution in [0.1, 0.15) is 17.7 Å². The molecule has 0 saturated heterocycles. The summed E-state index contributed by atoms with van der Waals surface area (Å²) in [6.45, 7) is 0.728. The summed E-state index contributed by atoms with van der Waals surface area (Å²) in [5.74, 6) is 0. The first kappa shape index (κ1) is 25.2. The van der Waals surface area contributed by atoms with Crippen molar-refractivity contribution in [3.8, 4) is 28.5 Å². The van der Waals surface area contributed by atoms with Crippen molar-refractivity contribution >= 4 is 56.4 Å². The topological polar surface area (TPSA) is 30.9 Å². The Morgan fingerprint density at radius 3 is 2.20 bits per heavy atom. The van der Waals surface area contributed by atoms with Crippen LogP contribution < -0.4 is 9.47 Å². The minimum absolute atomic E-state index is 0.520. The number of benzene rings is 3. The zero-order valence-corrected chi connectivity index (χ0v) is 23.5. The van der Waals surface area contributed by atoms with Crippen LogP contribution in [-0.2, 0) is 7.05 Å². The van der Waals surface area contributed by atoms with E-state index in [0.29, 0.717) is 6.42 Å². The lowest BCUT2D eigenvalue weighted by atomic mass is 10.0. The van der Waals surface area contributed by atoms with Crippen LogP contribution in [-0.4, -0.2) is 13.6 Å². The molecule has 35 heavy (non-hydrogen) atoms. The molecular weight excluding hydrogens is 609 g/mol. The van der Waals surface area contributed by atoms with Crippen molar-refractivity contribution < 1.29 is 4.57 Å². The van der Waals surface area contributed by atoms with Gasteiger partial charge in [-0.3, -0.25) is 0 Å². The number of pyridine rings is 1. The first-order valence-electron chi connectivity index (χ1n) is 11.4. The van der Waals surface area contributed by atoms with Gasteiger partial charge >= 0.3 is 0 Å². The lowest BCUT2D eigenvalue weighted by molar-refractivity contribution is -0.662. The predicted molar refractivity (Wildman–Crippen MR) is 158 cm³/mol. The molecule has 0 aliphatic rings. The average molecular weight is 635 g/mol. The molecule has 0 atom stereocenters. The van der Waals surface area contributed by atoms with Gasteiger partial charge in [0.2, 0.25) is 11.4 Å². The Morgan fingerprint density at radius 1 is 0.886 bits per heavy atom. The molecule has 1 heterocycles. The third-order valence-electron chi connectivity index (χ3n) is 6.00. The van der Waals surface area contributed by atoms with Crippen LogP contribution in [0, 0.1) is 14.9 Å². The Labute approximate surface area is 229 Å². The van der Waals surface area contributed by atoms with Gasteiger partial charge in [0.05, 0.1) is 12.5 Å². The quantitative estimate of drug-likeness (QED) is 0.154. The summed E-state index contributed by atoms with van der Waals surface area (Å²) < 4.78 is 4.53. The van der Waals surface area contributed by atoms with Crippen LogP contribution in [0.3, 0.4) is 0 Å². The van der Waals surface area contributed by atoms with E-state index in [-0.39, 0.29) is 0 Å². The van der Waals surface area contributed by atoms with E-state index in [4.69, 9.17) is 5.26 Å². The summed E-state index contributed by atoms with van der Waals surface area (Å²) in [6, 6.07) is 32.2. The van der Waals surface area contributed by atoms with Crippen LogP contribution in [0.2, 0.25) is 0 Å². The van der Waals surface area contributed by atoms with E-state index in [0.717, 1.165) is 33.7 Å². The molecule has 0 fully saturated rings. The number of rotatable bonds is 7. The minimum atomic E-state index is 0.520. The van der Waals surface area contributed by atoms with Gasteiger partial charge in [0, 0.05) is 51.1 Å². The van der Waals surface area contributed by atoms with Crippen LogP contribution in [0.15, 0.2) is 89.4 Å². The maximum absolute atomic E-state index is 8.83. The van der Waals surface area contributed by atoms with E-state index in [1.54, 1.807) is 0 Å². The second-order valence-corrected chi connectivity index (χ2v) is 10.5. The van der Waals surface area contributed by atoms with E-state index in [1.165, 1.54) is 20.3 Å². The Balaban J connectivity index is 1.70. The Hall–Kier alpha value is -2.95. The van der Waals surface area contributed by atoms with Crippen molar-refractivity contribution in [1.82, 2.24) is 0 Å². The molecule has 174 valence electrons. The van der Waals surface area contributed by atoms with Gasteiger partial charge in [-0.15, -0.1) is 0 Å². The number of anilines is 1. The van der Waals surface area contributed by atoms with Crippen molar-refractivity contribution in [1.29, 1.82) is 5.26 Å². The largest absolute Gasteiger partial charge is 0.374 e. The molecule has 1 aromatic heterocycles. The standard InChI is InChI=1S/C30H26BrIN3/c1-34(19-3-18-33)28-15-4-22(5-16-28)6-17-29-20-25(23-9-13-27(32)14-10-23)21-30(35(29)2)24-7-11-26(31)12-8-24/h4-17,20-21H,3,19H2,1-2H3/q+1. The van der Waals surface area contributed by atoms with Gasteiger partial charge in [-0.25, -0.2) is 0 Å². The smallest absolute Gasteiger partial charge is 0.213 e. The molecule has 4 aromatic rings. The molecule has 4 rings (SSSR count). The highest BCUT2D eigenvalue weighted by molar-refractivity contribution is 14.1. The monoisotopic (exact) mass is 634 g/mol. The lowest BCUT2D eigenvalue weighted by Gasteiger charge is -2.17. The summed E-state index contributed by atoms with van der Waals surface area (Å²) in [7, 11) is 4.13. The second kappa shape index (κ2) is 11.7. The van der Waals surface area contributed by atoms with Crippen molar-refractivity contribution in [3.63, 3.8) is 0 Å². The summed E-state index contributed by atoms with van der Waals surface area (Å²) in [5, 5.41) is 8.83. The molecule has 0 bridgehead atoms. The Kier molecular flexibility index (Phi) is 8.37. The fourth-order valence-electron chi connectivity index (χ4n) is 3.92. The molecular formula is C30H26BrIN3+. The van der Waals surface area contributed by atoms with Crippen LogP contribution in [0.5, 0.6) is 0 Å². The van der Waals surface area contributed by atoms with Gasteiger partial charge in [-0.05, 0) is 93.9 Å². The summed E-state index contributed by atoms with van der Waals surface area (Å²) in [4.78, 5) is 2.10. The highest BCUT2D eigenvalue weighted by atomic mass is 127. The number of nitrogens with zero attached hydrogens (tertiary/aromatic N) is 3. The normalized spacial score (nSPS) is 10.9. The molecule has 0 spiro atoms. The average Bonchev–Trinajstić information content (AvgIpc) is 2.88. The fourth-order valence-corrected chi connectivity index (χ4v) is 4.54.